The second-order valence-electron chi connectivity index (χ2n) is 7.01. The maximum Gasteiger partial charge on any atom is 0.261 e. The highest BCUT2D eigenvalue weighted by Gasteiger charge is 2.26. The molecule has 8 nitrogen and oxygen atoms in total. The van der Waals surface area contributed by atoms with Crippen molar-refractivity contribution in [1.82, 2.24) is 0 Å². The molecule has 0 atom stereocenters. The van der Waals surface area contributed by atoms with Crippen molar-refractivity contribution in [3.05, 3.63) is 65.7 Å². The Morgan fingerprint density at radius 2 is 1.59 bits per heavy atom. The second kappa shape index (κ2) is 8.50. The quantitative estimate of drug-likeness (QED) is 0.643. The van der Waals surface area contributed by atoms with Gasteiger partial charge in [-0.05, 0) is 42.5 Å². The van der Waals surface area contributed by atoms with Crippen LogP contribution >= 0.6 is 0 Å². The van der Waals surface area contributed by atoms with Gasteiger partial charge in [-0.25, -0.2) is 0 Å². The van der Waals surface area contributed by atoms with Gasteiger partial charge in [-0.2, -0.15) is 0 Å². The molecule has 0 saturated heterocycles. The summed E-state index contributed by atoms with van der Waals surface area (Å²) in [7, 11) is 6.13. The number of benzene rings is 3. The molecule has 1 aliphatic rings. The largest absolute Gasteiger partial charge is 0.493 e. The Balaban J connectivity index is 1.65. The van der Waals surface area contributed by atoms with Crippen LogP contribution in [0.5, 0.6) is 28.7 Å². The third kappa shape index (κ3) is 3.66. The first-order valence-corrected chi connectivity index (χ1v) is 9.77. The van der Waals surface area contributed by atoms with Crippen molar-refractivity contribution in [2.75, 3.05) is 38.6 Å². The Hall–Kier alpha value is -4.20. The third-order valence-corrected chi connectivity index (χ3v) is 5.15. The van der Waals surface area contributed by atoms with Crippen molar-refractivity contribution in [2.45, 2.75) is 0 Å². The molecule has 0 unspecified atom stereocenters. The van der Waals surface area contributed by atoms with E-state index in [-0.39, 0.29) is 5.91 Å². The number of carbonyl (C=O) groups excluding carboxylic acids is 2. The van der Waals surface area contributed by atoms with Crippen molar-refractivity contribution in [3.8, 4) is 28.7 Å². The van der Waals surface area contributed by atoms with Gasteiger partial charge in [-0.1, -0.05) is 12.1 Å². The Bertz CT molecular complexity index is 1180. The number of rotatable bonds is 5. The van der Waals surface area contributed by atoms with E-state index in [4.69, 9.17) is 18.9 Å². The van der Waals surface area contributed by atoms with Crippen molar-refractivity contribution >= 4 is 23.2 Å². The topological polar surface area (TPSA) is 86.3 Å². The number of nitrogens with zero attached hydrogens (tertiary/aromatic N) is 1. The molecule has 164 valence electrons. The zero-order chi connectivity index (χ0) is 22.8. The molecule has 0 spiro atoms. The molecule has 0 radical (unpaired) electrons. The first-order chi connectivity index (χ1) is 15.5. The molecule has 1 heterocycles. The number of ether oxygens (including phenoxy) is 4. The Kier molecular flexibility index (Phi) is 5.59. The molecule has 0 fully saturated rings. The van der Waals surface area contributed by atoms with Gasteiger partial charge in [0.15, 0.2) is 17.2 Å². The molecule has 1 aliphatic heterocycles. The first-order valence-electron chi connectivity index (χ1n) is 9.77. The lowest BCUT2D eigenvalue weighted by Gasteiger charge is -2.16. The van der Waals surface area contributed by atoms with E-state index in [1.165, 1.54) is 26.2 Å². The molecular weight excluding hydrogens is 412 g/mol. The van der Waals surface area contributed by atoms with E-state index in [1.807, 2.05) is 18.2 Å². The maximum absolute atomic E-state index is 13.0. The highest BCUT2D eigenvalue weighted by Crippen LogP contribution is 2.40. The summed E-state index contributed by atoms with van der Waals surface area (Å²) < 4.78 is 21.9. The maximum atomic E-state index is 13.0. The van der Waals surface area contributed by atoms with Crippen molar-refractivity contribution in [1.29, 1.82) is 0 Å². The third-order valence-electron chi connectivity index (χ3n) is 5.15. The van der Waals surface area contributed by atoms with Crippen LogP contribution in [0.3, 0.4) is 0 Å². The predicted molar refractivity (Wildman–Crippen MR) is 120 cm³/mol. The monoisotopic (exact) mass is 434 g/mol. The number of anilines is 2. The van der Waals surface area contributed by atoms with Crippen LogP contribution in [0.4, 0.5) is 11.4 Å². The lowest BCUT2D eigenvalue weighted by Crippen LogP contribution is -2.25. The Morgan fingerprint density at radius 1 is 0.906 bits per heavy atom. The van der Waals surface area contributed by atoms with Crippen LogP contribution in [0, 0.1) is 0 Å². The fourth-order valence-corrected chi connectivity index (χ4v) is 3.51. The van der Waals surface area contributed by atoms with Crippen LogP contribution in [0.2, 0.25) is 0 Å². The molecule has 1 N–H and O–H groups in total. The van der Waals surface area contributed by atoms with Crippen LogP contribution in [-0.2, 0) is 0 Å². The number of nitrogens with one attached hydrogen (secondary N) is 1. The summed E-state index contributed by atoms with van der Waals surface area (Å²) in [4.78, 5) is 27.5. The number of hydrogen-bond donors (Lipinski definition) is 1. The molecular formula is C24H22N2O6. The first kappa shape index (κ1) is 21.0. The summed E-state index contributed by atoms with van der Waals surface area (Å²) in [6.45, 7) is 0. The number of hydrogen-bond acceptors (Lipinski definition) is 6. The van der Waals surface area contributed by atoms with Crippen molar-refractivity contribution in [2.24, 2.45) is 0 Å². The average molecular weight is 434 g/mol. The number of carbonyl (C=O) groups is 2. The van der Waals surface area contributed by atoms with Gasteiger partial charge in [-0.3, -0.25) is 9.59 Å². The average Bonchev–Trinajstić information content (AvgIpc) is 2.92. The van der Waals surface area contributed by atoms with Gasteiger partial charge in [0, 0.05) is 18.3 Å². The lowest BCUT2D eigenvalue weighted by atomic mass is 10.1. The minimum absolute atomic E-state index is 0.242. The zero-order valence-corrected chi connectivity index (χ0v) is 18.1. The molecule has 0 bridgehead atoms. The fourth-order valence-electron chi connectivity index (χ4n) is 3.51. The van der Waals surface area contributed by atoms with E-state index in [2.05, 4.69) is 5.32 Å². The van der Waals surface area contributed by atoms with E-state index in [9.17, 15) is 9.59 Å². The predicted octanol–water partition coefficient (Wildman–Crippen LogP) is 4.35. The molecule has 3 aromatic carbocycles. The number of methoxy groups -OCH3 is 3. The normalized spacial score (nSPS) is 12.1. The van der Waals surface area contributed by atoms with Gasteiger partial charge in [0.1, 0.15) is 5.75 Å². The van der Waals surface area contributed by atoms with Crippen LogP contribution in [0.15, 0.2) is 54.6 Å². The van der Waals surface area contributed by atoms with E-state index in [0.717, 1.165) is 0 Å². The van der Waals surface area contributed by atoms with Gasteiger partial charge in [-0.15, -0.1) is 0 Å². The SMILES string of the molecule is COc1cc(C(=O)Nc2ccc3c(c2)C(=O)N(C)c2ccccc2O3)cc(OC)c1OC. The lowest BCUT2D eigenvalue weighted by molar-refractivity contribution is 0.0990. The smallest absolute Gasteiger partial charge is 0.261 e. The minimum Gasteiger partial charge on any atom is -0.493 e. The summed E-state index contributed by atoms with van der Waals surface area (Å²) in [6, 6.07) is 15.3. The number of fused-ring (bicyclic) bond motifs is 2. The van der Waals surface area contributed by atoms with Crippen LogP contribution < -0.4 is 29.2 Å². The van der Waals surface area contributed by atoms with Gasteiger partial charge in [0.2, 0.25) is 5.75 Å². The number of para-hydroxylation sites is 2. The highest BCUT2D eigenvalue weighted by atomic mass is 16.5. The van der Waals surface area contributed by atoms with Gasteiger partial charge in [0.25, 0.3) is 11.8 Å². The van der Waals surface area contributed by atoms with Gasteiger partial charge >= 0.3 is 0 Å². The summed E-state index contributed by atoms with van der Waals surface area (Å²) >= 11 is 0. The summed E-state index contributed by atoms with van der Waals surface area (Å²) in [5.41, 5.74) is 1.75. The molecule has 3 aromatic rings. The molecule has 2 amide bonds. The highest BCUT2D eigenvalue weighted by molar-refractivity contribution is 6.11. The molecule has 0 aromatic heterocycles. The number of amides is 2. The molecule has 8 heteroatoms. The van der Waals surface area contributed by atoms with E-state index in [1.54, 1.807) is 43.4 Å². The zero-order valence-electron chi connectivity index (χ0n) is 18.1. The Morgan fingerprint density at radius 3 is 2.25 bits per heavy atom. The van der Waals surface area contributed by atoms with E-state index in [0.29, 0.717) is 51.2 Å². The van der Waals surface area contributed by atoms with Gasteiger partial charge < -0.3 is 29.2 Å². The van der Waals surface area contributed by atoms with Gasteiger partial charge in [0.05, 0.1) is 32.6 Å². The van der Waals surface area contributed by atoms with Crippen LogP contribution in [0.25, 0.3) is 0 Å². The summed E-state index contributed by atoms with van der Waals surface area (Å²) in [6.07, 6.45) is 0. The molecule has 32 heavy (non-hydrogen) atoms. The molecule has 0 aliphatic carbocycles. The summed E-state index contributed by atoms with van der Waals surface area (Å²) in [5.74, 6) is 1.47. The molecule has 4 rings (SSSR count). The fraction of sp³-hybridized carbons (Fsp3) is 0.167. The summed E-state index contributed by atoms with van der Waals surface area (Å²) in [5, 5.41) is 2.81. The van der Waals surface area contributed by atoms with Crippen LogP contribution in [-0.4, -0.2) is 40.2 Å². The van der Waals surface area contributed by atoms with E-state index < -0.39 is 5.91 Å². The van der Waals surface area contributed by atoms with Crippen molar-refractivity contribution in [3.63, 3.8) is 0 Å². The minimum atomic E-state index is -0.400. The van der Waals surface area contributed by atoms with Crippen molar-refractivity contribution < 1.29 is 28.5 Å². The molecule has 0 saturated carbocycles. The standard InChI is InChI=1S/C24H22N2O6/c1-26-17-7-5-6-8-19(17)32-18-10-9-15(13-16(18)24(26)28)25-23(27)14-11-20(29-2)22(31-4)21(12-14)30-3/h5-13H,1-4H3,(H,25,27). The second-order valence-corrected chi connectivity index (χ2v) is 7.01. The van der Waals surface area contributed by atoms with E-state index >= 15 is 0 Å². The van der Waals surface area contributed by atoms with Crippen LogP contribution in [0.1, 0.15) is 20.7 Å². The Labute approximate surface area is 185 Å².